The Labute approximate surface area is 181 Å². The molecule has 0 radical (unpaired) electrons. The van der Waals surface area contributed by atoms with Gasteiger partial charge in [0.25, 0.3) is 0 Å². The summed E-state index contributed by atoms with van der Waals surface area (Å²) in [4.78, 5) is 55.6. The zero-order chi connectivity index (χ0) is 23.7. The first-order valence-corrected chi connectivity index (χ1v) is 10.3. The molecule has 1 aromatic rings. The van der Waals surface area contributed by atoms with Gasteiger partial charge in [-0.2, -0.15) is 0 Å². The van der Waals surface area contributed by atoms with Crippen LogP contribution in [0.15, 0.2) is 12.5 Å². The molecule has 0 saturated carbocycles. The molecule has 0 aliphatic carbocycles. The minimum atomic E-state index is -1.21. The van der Waals surface area contributed by atoms with Crippen LogP contribution in [0.1, 0.15) is 46.7 Å². The van der Waals surface area contributed by atoms with E-state index in [1.807, 2.05) is 13.8 Å². The van der Waals surface area contributed by atoms with Gasteiger partial charge >= 0.3 is 5.97 Å². The van der Waals surface area contributed by atoms with Crippen molar-refractivity contribution < 1.29 is 24.3 Å². The topological polar surface area (TPSA) is 179 Å². The minimum absolute atomic E-state index is 0.0138. The van der Waals surface area contributed by atoms with Gasteiger partial charge < -0.3 is 31.8 Å². The van der Waals surface area contributed by atoms with E-state index >= 15 is 0 Å². The van der Waals surface area contributed by atoms with Crippen molar-refractivity contribution >= 4 is 23.7 Å². The Bertz CT molecular complexity index is 751. The van der Waals surface area contributed by atoms with Crippen molar-refractivity contribution in [3.05, 3.63) is 18.2 Å². The number of carbonyl (C=O) groups is 4. The van der Waals surface area contributed by atoms with Gasteiger partial charge in [-0.1, -0.05) is 34.1 Å². The first-order chi connectivity index (χ1) is 14.5. The summed E-state index contributed by atoms with van der Waals surface area (Å²) < 4.78 is 0. The van der Waals surface area contributed by atoms with Crippen LogP contribution < -0.4 is 21.7 Å². The zero-order valence-electron chi connectivity index (χ0n) is 18.6. The number of aromatic nitrogens is 2. The van der Waals surface area contributed by atoms with E-state index in [1.54, 1.807) is 13.8 Å². The highest BCUT2D eigenvalue weighted by Gasteiger charge is 2.31. The standard InChI is InChI=1S/C20H34N6O5/c1-6-11(4)15(21)18(28)26-16(10(2)3)19(29)24-12(5)17(27)25-14(20(30)31)7-13-8-22-9-23-13/h8-12,14-16H,6-7,21H2,1-5H3,(H,22,23)(H,24,29)(H,25,27)(H,26,28)(H,30,31). The van der Waals surface area contributed by atoms with Crippen LogP contribution in [0.3, 0.4) is 0 Å². The van der Waals surface area contributed by atoms with Crippen LogP contribution >= 0.6 is 0 Å². The molecule has 5 atom stereocenters. The molecule has 3 amide bonds. The predicted molar refractivity (Wildman–Crippen MR) is 114 cm³/mol. The summed E-state index contributed by atoms with van der Waals surface area (Å²) >= 11 is 0. The third-order valence-corrected chi connectivity index (χ3v) is 5.15. The fraction of sp³-hybridized carbons (Fsp3) is 0.650. The Morgan fingerprint density at radius 2 is 1.71 bits per heavy atom. The van der Waals surface area contributed by atoms with Crippen LogP contribution in [0, 0.1) is 11.8 Å². The average molecular weight is 439 g/mol. The van der Waals surface area contributed by atoms with E-state index < -0.39 is 47.9 Å². The summed E-state index contributed by atoms with van der Waals surface area (Å²) in [6.45, 7) is 8.72. The third kappa shape index (κ3) is 8.00. The molecule has 0 saturated heterocycles. The molecule has 0 bridgehead atoms. The Morgan fingerprint density at radius 3 is 2.19 bits per heavy atom. The van der Waals surface area contributed by atoms with Crippen LogP contribution in [-0.4, -0.2) is 62.9 Å². The summed E-state index contributed by atoms with van der Waals surface area (Å²) in [6.07, 6.45) is 3.60. The zero-order valence-corrected chi connectivity index (χ0v) is 18.6. The lowest BCUT2D eigenvalue weighted by molar-refractivity contribution is -0.142. The number of hydrogen-bond acceptors (Lipinski definition) is 6. The normalized spacial score (nSPS) is 16.0. The first kappa shape index (κ1) is 26.1. The maximum atomic E-state index is 12.7. The van der Waals surface area contributed by atoms with Gasteiger partial charge in [-0.3, -0.25) is 14.4 Å². The number of nitrogens with one attached hydrogen (secondary N) is 4. The molecule has 1 rings (SSSR count). The molecule has 1 heterocycles. The van der Waals surface area contributed by atoms with E-state index in [0.717, 1.165) is 0 Å². The number of carboxylic acids is 1. The molecule has 0 aliphatic rings. The number of rotatable bonds is 12. The number of nitrogens with two attached hydrogens (primary N) is 1. The molecule has 11 nitrogen and oxygen atoms in total. The quantitative estimate of drug-likeness (QED) is 0.255. The molecule has 0 aliphatic heterocycles. The molecule has 11 heteroatoms. The van der Waals surface area contributed by atoms with E-state index in [9.17, 15) is 24.3 Å². The SMILES string of the molecule is CCC(C)C(N)C(=O)NC(C(=O)NC(C)C(=O)NC(Cc1cnc[nH]1)C(=O)O)C(C)C. The molecule has 0 fully saturated rings. The van der Waals surface area contributed by atoms with Crippen LogP contribution in [0.4, 0.5) is 0 Å². The number of hydrogen-bond donors (Lipinski definition) is 6. The van der Waals surface area contributed by atoms with Gasteiger partial charge in [0.2, 0.25) is 17.7 Å². The summed E-state index contributed by atoms with van der Waals surface area (Å²) in [5, 5.41) is 17.0. The highest BCUT2D eigenvalue weighted by Crippen LogP contribution is 2.08. The average Bonchev–Trinajstić information content (AvgIpc) is 3.22. The molecule has 1 aromatic heterocycles. The maximum absolute atomic E-state index is 12.7. The molecule has 0 aromatic carbocycles. The lowest BCUT2D eigenvalue weighted by Gasteiger charge is -2.26. The van der Waals surface area contributed by atoms with Crippen molar-refractivity contribution in [2.24, 2.45) is 17.6 Å². The lowest BCUT2D eigenvalue weighted by Crippen LogP contribution is -2.58. The molecule has 174 valence electrons. The number of imidazole rings is 1. The largest absolute Gasteiger partial charge is 0.480 e. The van der Waals surface area contributed by atoms with Crippen molar-refractivity contribution in [2.45, 2.75) is 71.6 Å². The van der Waals surface area contributed by atoms with Crippen LogP contribution in [0.25, 0.3) is 0 Å². The van der Waals surface area contributed by atoms with Crippen molar-refractivity contribution in [1.82, 2.24) is 25.9 Å². The number of aromatic amines is 1. The number of amides is 3. The van der Waals surface area contributed by atoms with Crippen LogP contribution in [0.5, 0.6) is 0 Å². The Kier molecular flexibility index (Phi) is 10.1. The Morgan fingerprint density at radius 1 is 1.06 bits per heavy atom. The van der Waals surface area contributed by atoms with E-state index in [0.29, 0.717) is 12.1 Å². The highest BCUT2D eigenvalue weighted by atomic mass is 16.4. The van der Waals surface area contributed by atoms with Crippen LogP contribution in [0.2, 0.25) is 0 Å². The fourth-order valence-electron chi connectivity index (χ4n) is 2.78. The highest BCUT2D eigenvalue weighted by molar-refractivity contribution is 5.94. The van der Waals surface area contributed by atoms with Gasteiger partial charge in [-0.05, 0) is 18.8 Å². The van der Waals surface area contributed by atoms with E-state index in [4.69, 9.17) is 5.73 Å². The predicted octanol–water partition coefficient (Wildman–Crippen LogP) is -0.459. The summed E-state index contributed by atoms with van der Waals surface area (Å²) in [5.41, 5.74) is 6.48. The van der Waals surface area contributed by atoms with Crippen molar-refractivity contribution in [1.29, 1.82) is 0 Å². The summed E-state index contributed by atoms with van der Waals surface area (Å²) in [7, 11) is 0. The Hall–Kier alpha value is -2.95. The summed E-state index contributed by atoms with van der Waals surface area (Å²) in [6, 6.07) is -3.85. The van der Waals surface area contributed by atoms with Gasteiger partial charge in [-0.15, -0.1) is 0 Å². The number of carboxylic acid groups (broad SMARTS) is 1. The molecule has 0 spiro atoms. The second-order valence-electron chi connectivity index (χ2n) is 8.05. The fourth-order valence-corrected chi connectivity index (χ4v) is 2.78. The Balaban J connectivity index is 2.73. The number of nitrogens with zero attached hydrogens (tertiary/aromatic N) is 1. The number of H-pyrrole nitrogens is 1. The lowest BCUT2D eigenvalue weighted by atomic mass is 9.97. The van der Waals surface area contributed by atoms with Gasteiger partial charge in [0.1, 0.15) is 18.1 Å². The summed E-state index contributed by atoms with van der Waals surface area (Å²) in [5.74, 6) is -3.18. The first-order valence-electron chi connectivity index (χ1n) is 10.3. The number of aliphatic carboxylic acids is 1. The van der Waals surface area contributed by atoms with Crippen molar-refractivity contribution in [3.63, 3.8) is 0 Å². The van der Waals surface area contributed by atoms with E-state index in [2.05, 4.69) is 25.9 Å². The molecular weight excluding hydrogens is 404 g/mol. The molecule has 7 N–H and O–H groups in total. The van der Waals surface area contributed by atoms with Crippen molar-refractivity contribution in [3.8, 4) is 0 Å². The second-order valence-corrected chi connectivity index (χ2v) is 8.05. The molecule has 5 unspecified atom stereocenters. The third-order valence-electron chi connectivity index (χ3n) is 5.15. The smallest absolute Gasteiger partial charge is 0.326 e. The van der Waals surface area contributed by atoms with Gasteiger partial charge in [0, 0.05) is 18.3 Å². The van der Waals surface area contributed by atoms with Gasteiger partial charge in [0.15, 0.2) is 0 Å². The van der Waals surface area contributed by atoms with Gasteiger partial charge in [-0.25, -0.2) is 9.78 Å². The van der Waals surface area contributed by atoms with E-state index in [1.165, 1.54) is 19.4 Å². The van der Waals surface area contributed by atoms with E-state index in [-0.39, 0.29) is 18.3 Å². The second kappa shape index (κ2) is 12.0. The molecular formula is C20H34N6O5. The van der Waals surface area contributed by atoms with Gasteiger partial charge in [0.05, 0.1) is 12.4 Å². The molecule has 31 heavy (non-hydrogen) atoms. The minimum Gasteiger partial charge on any atom is -0.480 e. The number of carbonyl (C=O) groups excluding carboxylic acids is 3. The monoisotopic (exact) mass is 438 g/mol. The van der Waals surface area contributed by atoms with Crippen LogP contribution in [-0.2, 0) is 25.6 Å². The van der Waals surface area contributed by atoms with Crippen molar-refractivity contribution in [2.75, 3.05) is 0 Å². The maximum Gasteiger partial charge on any atom is 0.326 e.